The molecule has 2 aliphatic rings. The van der Waals surface area contributed by atoms with Crippen LogP contribution in [0.4, 0.5) is 0 Å². The van der Waals surface area contributed by atoms with Crippen molar-refractivity contribution in [3.63, 3.8) is 0 Å². The lowest BCUT2D eigenvalue weighted by atomic mass is 10.1. The van der Waals surface area contributed by atoms with E-state index in [1.807, 2.05) is 48.2 Å². The topological polar surface area (TPSA) is 60.5 Å². The fraction of sp³-hybridized carbons (Fsp3) is 0.435. The summed E-state index contributed by atoms with van der Waals surface area (Å²) in [4.78, 5) is 17.2. The molecule has 1 fully saturated rings. The third-order valence-corrected chi connectivity index (χ3v) is 5.51. The van der Waals surface area contributed by atoms with E-state index in [1.54, 1.807) is 7.11 Å². The summed E-state index contributed by atoms with van der Waals surface area (Å²) in [5.41, 5.74) is 1.19. The number of piperazine rings is 1. The Morgan fingerprint density at radius 1 is 1.00 bits per heavy atom. The number of rotatable bonds is 7. The van der Waals surface area contributed by atoms with Crippen LogP contribution < -0.4 is 18.9 Å². The smallest absolute Gasteiger partial charge is 0.263 e. The summed E-state index contributed by atoms with van der Waals surface area (Å²) in [5.74, 6) is 3.10. The van der Waals surface area contributed by atoms with E-state index in [0.29, 0.717) is 25.3 Å². The molecule has 0 spiro atoms. The molecule has 0 aromatic heterocycles. The molecular weight excluding hydrogens is 384 g/mol. The summed E-state index contributed by atoms with van der Waals surface area (Å²) in [5, 5.41) is 0. The first kappa shape index (κ1) is 20.3. The number of fused-ring (bicyclic) bond motifs is 1. The maximum absolute atomic E-state index is 13.0. The van der Waals surface area contributed by atoms with Crippen LogP contribution in [0, 0.1) is 0 Å². The molecule has 0 aliphatic carbocycles. The van der Waals surface area contributed by atoms with Gasteiger partial charge in [-0.3, -0.25) is 9.69 Å². The third-order valence-electron chi connectivity index (χ3n) is 5.51. The van der Waals surface area contributed by atoms with Crippen LogP contribution >= 0.6 is 0 Å². The molecule has 30 heavy (non-hydrogen) atoms. The molecule has 160 valence electrons. The molecule has 0 bridgehead atoms. The van der Waals surface area contributed by atoms with Gasteiger partial charge in [0.05, 0.1) is 7.11 Å². The fourth-order valence-corrected chi connectivity index (χ4v) is 3.75. The standard InChI is InChI=1S/C23H28N2O5/c1-3-20(30-19-7-5-18(27-2)6-8-19)23(26)25-12-10-24(11-13-25)15-17-4-9-21-22(14-17)29-16-28-21/h4-9,14,20H,3,10-13,15-16H2,1-2H3/t20-/m0/s1. The van der Waals surface area contributed by atoms with Gasteiger partial charge in [-0.25, -0.2) is 0 Å². The zero-order valence-electron chi connectivity index (χ0n) is 17.5. The number of ether oxygens (including phenoxy) is 4. The van der Waals surface area contributed by atoms with Gasteiger partial charge < -0.3 is 23.8 Å². The second-order valence-corrected chi connectivity index (χ2v) is 7.48. The number of hydrogen-bond acceptors (Lipinski definition) is 6. The van der Waals surface area contributed by atoms with Gasteiger partial charge in [-0.1, -0.05) is 13.0 Å². The van der Waals surface area contributed by atoms with Crippen LogP contribution in [0.2, 0.25) is 0 Å². The Labute approximate surface area is 177 Å². The number of carbonyl (C=O) groups excluding carboxylic acids is 1. The molecule has 0 unspecified atom stereocenters. The predicted molar refractivity (Wildman–Crippen MR) is 112 cm³/mol. The van der Waals surface area contributed by atoms with E-state index in [1.165, 1.54) is 5.56 Å². The minimum atomic E-state index is -0.473. The molecule has 1 atom stereocenters. The highest BCUT2D eigenvalue weighted by molar-refractivity contribution is 5.81. The summed E-state index contributed by atoms with van der Waals surface area (Å²) in [6.45, 7) is 6.16. The Balaban J connectivity index is 1.29. The van der Waals surface area contributed by atoms with Gasteiger partial charge in [-0.15, -0.1) is 0 Å². The van der Waals surface area contributed by atoms with E-state index in [2.05, 4.69) is 11.0 Å². The fourth-order valence-electron chi connectivity index (χ4n) is 3.75. The molecule has 0 radical (unpaired) electrons. The van der Waals surface area contributed by atoms with E-state index >= 15 is 0 Å². The minimum absolute atomic E-state index is 0.0519. The molecule has 4 rings (SSSR count). The largest absolute Gasteiger partial charge is 0.497 e. The normalized spacial score (nSPS) is 16.9. The van der Waals surface area contributed by atoms with Crippen LogP contribution in [0.3, 0.4) is 0 Å². The molecule has 2 aromatic rings. The number of hydrogen-bond donors (Lipinski definition) is 0. The zero-order valence-corrected chi connectivity index (χ0v) is 17.5. The number of nitrogens with zero attached hydrogens (tertiary/aromatic N) is 2. The van der Waals surface area contributed by atoms with Crippen LogP contribution in [0.1, 0.15) is 18.9 Å². The Morgan fingerprint density at radius 2 is 1.70 bits per heavy atom. The first-order valence-corrected chi connectivity index (χ1v) is 10.4. The van der Waals surface area contributed by atoms with Crippen molar-refractivity contribution < 1.29 is 23.7 Å². The second-order valence-electron chi connectivity index (χ2n) is 7.48. The second kappa shape index (κ2) is 9.26. The quantitative estimate of drug-likeness (QED) is 0.697. The summed E-state index contributed by atoms with van der Waals surface area (Å²) >= 11 is 0. The summed E-state index contributed by atoms with van der Waals surface area (Å²) in [6.07, 6.45) is 0.154. The van der Waals surface area contributed by atoms with Crippen molar-refractivity contribution in [3.05, 3.63) is 48.0 Å². The van der Waals surface area contributed by atoms with Gasteiger partial charge in [0.1, 0.15) is 11.5 Å². The molecule has 1 amide bonds. The molecule has 2 aromatic carbocycles. The first-order chi connectivity index (χ1) is 14.7. The highest BCUT2D eigenvalue weighted by Gasteiger charge is 2.28. The van der Waals surface area contributed by atoms with Crippen molar-refractivity contribution >= 4 is 5.91 Å². The van der Waals surface area contributed by atoms with E-state index in [4.69, 9.17) is 18.9 Å². The lowest BCUT2D eigenvalue weighted by Crippen LogP contribution is -2.52. The van der Waals surface area contributed by atoms with Crippen molar-refractivity contribution in [1.29, 1.82) is 0 Å². The number of amides is 1. The average Bonchev–Trinajstić information content (AvgIpc) is 3.26. The minimum Gasteiger partial charge on any atom is -0.497 e. The van der Waals surface area contributed by atoms with Crippen molar-refractivity contribution in [2.24, 2.45) is 0 Å². The predicted octanol–water partition coefficient (Wildman–Crippen LogP) is 2.93. The first-order valence-electron chi connectivity index (χ1n) is 10.4. The molecule has 2 aliphatic heterocycles. The molecule has 7 nitrogen and oxygen atoms in total. The Kier molecular flexibility index (Phi) is 6.28. The van der Waals surface area contributed by atoms with Crippen molar-refractivity contribution in [3.8, 4) is 23.0 Å². The Hall–Kier alpha value is -2.93. The van der Waals surface area contributed by atoms with Gasteiger partial charge in [0, 0.05) is 32.7 Å². The van der Waals surface area contributed by atoms with Crippen molar-refractivity contribution in [2.45, 2.75) is 26.0 Å². The van der Waals surface area contributed by atoms with E-state index < -0.39 is 6.10 Å². The molecule has 0 saturated carbocycles. The van der Waals surface area contributed by atoms with Crippen LogP contribution in [0.25, 0.3) is 0 Å². The van der Waals surface area contributed by atoms with Gasteiger partial charge in [0.25, 0.3) is 5.91 Å². The van der Waals surface area contributed by atoms with Gasteiger partial charge in [0.15, 0.2) is 17.6 Å². The monoisotopic (exact) mass is 412 g/mol. The van der Waals surface area contributed by atoms with Crippen LogP contribution in [-0.2, 0) is 11.3 Å². The summed E-state index contributed by atoms with van der Waals surface area (Å²) in [6, 6.07) is 13.4. The zero-order chi connectivity index (χ0) is 20.9. The molecule has 0 N–H and O–H groups in total. The van der Waals surface area contributed by atoms with Crippen LogP contribution in [0.15, 0.2) is 42.5 Å². The Morgan fingerprint density at radius 3 is 2.40 bits per heavy atom. The third kappa shape index (κ3) is 4.62. The maximum atomic E-state index is 13.0. The maximum Gasteiger partial charge on any atom is 0.263 e. The molecule has 1 saturated heterocycles. The van der Waals surface area contributed by atoms with Gasteiger partial charge >= 0.3 is 0 Å². The van der Waals surface area contributed by atoms with Crippen LogP contribution in [-0.4, -0.2) is 61.9 Å². The van der Waals surface area contributed by atoms with Crippen molar-refractivity contribution in [2.75, 3.05) is 40.1 Å². The molecule has 2 heterocycles. The van der Waals surface area contributed by atoms with Gasteiger partial charge in [-0.2, -0.15) is 0 Å². The van der Waals surface area contributed by atoms with Crippen LogP contribution in [0.5, 0.6) is 23.0 Å². The number of carbonyl (C=O) groups is 1. The van der Waals surface area contributed by atoms with Gasteiger partial charge in [-0.05, 0) is 48.4 Å². The summed E-state index contributed by atoms with van der Waals surface area (Å²) in [7, 11) is 1.63. The van der Waals surface area contributed by atoms with E-state index in [0.717, 1.165) is 36.9 Å². The number of benzene rings is 2. The number of methoxy groups -OCH3 is 1. The van der Waals surface area contributed by atoms with Crippen molar-refractivity contribution in [1.82, 2.24) is 9.80 Å². The summed E-state index contributed by atoms with van der Waals surface area (Å²) < 4.78 is 22.0. The van der Waals surface area contributed by atoms with Gasteiger partial charge in [0.2, 0.25) is 6.79 Å². The van der Waals surface area contributed by atoms with E-state index in [9.17, 15) is 4.79 Å². The molecule has 7 heteroatoms. The average molecular weight is 412 g/mol. The SMILES string of the molecule is CC[C@H](Oc1ccc(OC)cc1)C(=O)N1CCN(Cc2ccc3c(c2)OCO3)CC1. The highest BCUT2D eigenvalue weighted by atomic mass is 16.7. The molecular formula is C23H28N2O5. The highest BCUT2D eigenvalue weighted by Crippen LogP contribution is 2.32. The lowest BCUT2D eigenvalue weighted by molar-refractivity contribution is -0.140. The lowest BCUT2D eigenvalue weighted by Gasteiger charge is -2.36. The van der Waals surface area contributed by atoms with E-state index in [-0.39, 0.29) is 12.7 Å². The Bertz CT molecular complexity index is 862.